The van der Waals surface area contributed by atoms with E-state index in [0.29, 0.717) is 23.3 Å². The van der Waals surface area contributed by atoms with Gasteiger partial charge in [0.1, 0.15) is 0 Å². The Kier molecular flexibility index (Phi) is 1.80. The maximum Gasteiger partial charge on any atom is 0.0739 e. The van der Waals surface area contributed by atoms with E-state index in [1.807, 2.05) is 6.07 Å². The van der Waals surface area contributed by atoms with Crippen LogP contribution in [-0.4, -0.2) is 0 Å². The summed E-state index contributed by atoms with van der Waals surface area (Å²) in [6.07, 6.45) is 0. The lowest BCUT2D eigenvalue weighted by molar-refractivity contribution is 0.134. The summed E-state index contributed by atoms with van der Waals surface area (Å²) in [7, 11) is 0. The fourth-order valence-corrected chi connectivity index (χ4v) is 1.80. The van der Waals surface area contributed by atoms with Crippen molar-refractivity contribution < 1.29 is 4.74 Å². The zero-order valence-electron chi connectivity index (χ0n) is 5.73. The fourth-order valence-electron chi connectivity index (χ4n) is 1.21. The van der Waals surface area contributed by atoms with E-state index in [0.717, 1.165) is 11.1 Å². The SMILES string of the molecule is Clc1cc(Cl)c2c(c1)COC2. The van der Waals surface area contributed by atoms with Gasteiger partial charge >= 0.3 is 0 Å². The third kappa shape index (κ3) is 1.24. The predicted molar refractivity (Wildman–Crippen MR) is 45.0 cm³/mol. The van der Waals surface area contributed by atoms with Gasteiger partial charge in [0.25, 0.3) is 0 Å². The van der Waals surface area contributed by atoms with E-state index in [4.69, 9.17) is 27.9 Å². The van der Waals surface area contributed by atoms with Crippen molar-refractivity contribution in [1.82, 2.24) is 0 Å². The van der Waals surface area contributed by atoms with Crippen LogP contribution in [0.4, 0.5) is 0 Å². The monoisotopic (exact) mass is 188 g/mol. The topological polar surface area (TPSA) is 9.23 Å². The molecule has 0 saturated carbocycles. The molecular formula is C8H6Cl2O. The van der Waals surface area contributed by atoms with E-state index in [9.17, 15) is 0 Å². The number of hydrogen-bond acceptors (Lipinski definition) is 1. The number of benzene rings is 1. The highest BCUT2D eigenvalue weighted by molar-refractivity contribution is 6.35. The number of hydrogen-bond donors (Lipinski definition) is 0. The van der Waals surface area contributed by atoms with Crippen molar-refractivity contribution in [2.45, 2.75) is 13.2 Å². The molecule has 0 spiro atoms. The van der Waals surface area contributed by atoms with Gasteiger partial charge in [-0.3, -0.25) is 0 Å². The first-order chi connectivity index (χ1) is 5.27. The highest BCUT2D eigenvalue weighted by Gasteiger charge is 2.14. The average molecular weight is 189 g/mol. The van der Waals surface area contributed by atoms with Crippen molar-refractivity contribution in [2.24, 2.45) is 0 Å². The summed E-state index contributed by atoms with van der Waals surface area (Å²) >= 11 is 11.7. The summed E-state index contributed by atoms with van der Waals surface area (Å²) in [5.41, 5.74) is 2.19. The lowest BCUT2D eigenvalue weighted by Crippen LogP contribution is -1.82. The molecule has 0 amide bonds. The van der Waals surface area contributed by atoms with Crippen LogP contribution in [0, 0.1) is 0 Å². The van der Waals surface area contributed by atoms with Crippen LogP contribution in [0.2, 0.25) is 10.0 Å². The molecule has 0 radical (unpaired) electrons. The zero-order chi connectivity index (χ0) is 7.84. The Labute approximate surface area is 74.9 Å². The van der Waals surface area contributed by atoms with Crippen LogP contribution < -0.4 is 0 Å². The molecule has 1 aromatic rings. The Morgan fingerprint density at radius 2 is 2.00 bits per heavy atom. The molecule has 0 atom stereocenters. The van der Waals surface area contributed by atoms with Gasteiger partial charge < -0.3 is 4.74 Å². The van der Waals surface area contributed by atoms with E-state index in [2.05, 4.69) is 0 Å². The third-order valence-electron chi connectivity index (χ3n) is 1.76. The Morgan fingerprint density at radius 1 is 1.18 bits per heavy atom. The molecule has 3 heteroatoms. The molecule has 1 aliphatic rings. The second-order valence-corrected chi connectivity index (χ2v) is 3.36. The van der Waals surface area contributed by atoms with Gasteiger partial charge in [-0.15, -0.1) is 0 Å². The molecule has 1 heterocycles. The van der Waals surface area contributed by atoms with Crippen LogP contribution in [0.15, 0.2) is 12.1 Å². The lowest BCUT2D eigenvalue weighted by Gasteiger charge is -1.99. The summed E-state index contributed by atoms with van der Waals surface area (Å²) < 4.78 is 5.21. The predicted octanol–water partition coefficient (Wildman–Crippen LogP) is 3.02. The smallest absolute Gasteiger partial charge is 0.0739 e. The van der Waals surface area contributed by atoms with Gasteiger partial charge in [0.15, 0.2) is 0 Å². The van der Waals surface area contributed by atoms with Crippen LogP contribution in [0.5, 0.6) is 0 Å². The van der Waals surface area contributed by atoms with Crippen molar-refractivity contribution in [1.29, 1.82) is 0 Å². The molecule has 1 aromatic carbocycles. The molecule has 1 aliphatic heterocycles. The summed E-state index contributed by atoms with van der Waals surface area (Å²) in [5.74, 6) is 0. The minimum Gasteiger partial charge on any atom is -0.372 e. The van der Waals surface area contributed by atoms with Crippen molar-refractivity contribution in [3.05, 3.63) is 33.3 Å². The standard InChI is InChI=1S/C8H6Cl2O/c9-6-1-5-3-11-4-7(5)8(10)2-6/h1-2H,3-4H2. The molecule has 0 bridgehead atoms. The van der Waals surface area contributed by atoms with E-state index < -0.39 is 0 Å². The molecule has 0 N–H and O–H groups in total. The normalized spacial score (nSPS) is 15.1. The van der Waals surface area contributed by atoms with Gasteiger partial charge in [-0.25, -0.2) is 0 Å². The first kappa shape index (κ1) is 7.41. The molecule has 0 saturated heterocycles. The quantitative estimate of drug-likeness (QED) is 0.609. The van der Waals surface area contributed by atoms with Crippen molar-refractivity contribution in [2.75, 3.05) is 0 Å². The third-order valence-corrected chi connectivity index (χ3v) is 2.31. The number of fused-ring (bicyclic) bond motifs is 1. The second kappa shape index (κ2) is 2.67. The first-order valence-corrected chi connectivity index (χ1v) is 4.07. The lowest BCUT2D eigenvalue weighted by atomic mass is 10.1. The Bertz CT molecular complexity index is 296. The maximum absolute atomic E-state index is 5.91. The molecule has 58 valence electrons. The first-order valence-electron chi connectivity index (χ1n) is 3.32. The Hall–Kier alpha value is -0.240. The van der Waals surface area contributed by atoms with Gasteiger partial charge in [0.05, 0.1) is 13.2 Å². The van der Waals surface area contributed by atoms with Gasteiger partial charge in [-0.1, -0.05) is 23.2 Å². The fraction of sp³-hybridized carbons (Fsp3) is 0.250. The zero-order valence-corrected chi connectivity index (χ0v) is 7.24. The van der Waals surface area contributed by atoms with E-state index >= 15 is 0 Å². The molecule has 0 fully saturated rings. The van der Waals surface area contributed by atoms with E-state index in [1.165, 1.54) is 0 Å². The highest BCUT2D eigenvalue weighted by Crippen LogP contribution is 2.30. The number of ether oxygens (including phenoxy) is 1. The van der Waals surface area contributed by atoms with Gasteiger partial charge in [0.2, 0.25) is 0 Å². The summed E-state index contributed by atoms with van der Waals surface area (Å²) in [4.78, 5) is 0. The average Bonchev–Trinajstić information content (AvgIpc) is 2.34. The minimum atomic E-state index is 0.616. The molecule has 0 aromatic heterocycles. The minimum absolute atomic E-state index is 0.616. The van der Waals surface area contributed by atoms with Gasteiger partial charge in [0, 0.05) is 15.6 Å². The van der Waals surface area contributed by atoms with Crippen molar-refractivity contribution in [3.8, 4) is 0 Å². The van der Waals surface area contributed by atoms with E-state index in [1.54, 1.807) is 6.07 Å². The summed E-state index contributed by atoms with van der Waals surface area (Å²) in [5, 5.41) is 1.39. The number of halogens is 2. The van der Waals surface area contributed by atoms with Crippen LogP contribution >= 0.6 is 23.2 Å². The Balaban J connectivity index is 2.60. The molecule has 2 rings (SSSR count). The van der Waals surface area contributed by atoms with Crippen LogP contribution in [0.1, 0.15) is 11.1 Å². The largest absolute Gasteiger partial charge is 0.372 e. The number of rotatable bonds is 0. The highest BCUT2D eigenvalue weighted by atomic mass is 35.5. The van der Waals surface area contributed by atoms with Crippen molar-refractivity contribution in [3.63, 3.8) is 0 Å². The molecule has 1 nitrogen and oxygen atoms in total. The molecular weight excluding hydrogens is 183 g/mol. The summed E-state index contributed by atoms with van der Waals surface area (Å²) in [6, 6.07) is 3.65. The van der Waals surface area contributed by atoms with Gasteiger partial charge in [-0.05, 0) is 17.7 Å². The van der Waals surface area contributed by atoms with Crippen molar-refractivity contribution >= 4 is 23.2 Å². The maximum atomic E-state index is 5.91. The van der Waals surface area contributed by atoms with Crippen LogP contribution in [0.25, 0.3) is 0 Å². The summed E-state index contributed by atoms with van der Waals surface area (Å²) in [6.45, 7) is 1.25. The molecule has 0 aliphatic carbocycles. The molecule has 11 heavy (non-hydrogen) atoms. The van der Waals surface area contributed by atoms with Gasteiger partial charge in [-0.2, -0.15) is 0 Å². The van der Waals surface area contributed by atoms with E-state index in [-0.39, 0.29) is 0 Å². The second-order valence-electron chi connectivity index (χ2n) is 2.52. The van der Waals surface area contributed by atoms with Crippen LogP contribution in [0.3, 0.4) is 0 Å². The van der Waals surface area contributed by atoms with Crippen LogP contribution in [-0.2, 0) is 18.0 Å². The molecule has 0 unspecified atom stereocenters. The Morgan fingerprint density at radius 3 is 2.82 bits per heavy atom.